The van der Waals surface area contributed by atoms with Crippen molar-refractivity contribution >= 4 is 16.9 Å². The van der Waals surface area contributed by atoms with E-state index in [0.29, 0.717) is 17.9 Å². The Balaban J connectivity index is 1.48. The Morgan fingerprint density at radius 3 is 2.82 bits per heavy atom. The average molecular weight is 378 g/mol. The highest BCUT2D eigenvalue weighted by molar-refractivity contribution is 5.83. The Labute approximate surface area is 162 Å². The molecule has 1 aliphatic carbocycles. The van der Waals surface area contributed by atoms with E-state index in [2.05, 4.69) is 10.3 Å². The van der Waals surface area contributed by atoms with Crippen LogP contribution in [0.2, 0.25) is 0 Å². The Bertz CT molecular complexity index is 1060. The fourth-order valence-corrected chi connectivity index (χ4v) is 3.58. The lowest BCUT2D eigenvalue weighted by Gasteiger charge is -2.17. The summed E-state index contributed by atoms with van der Waals surface area (Å²) < 4.78 is 11.3. The van der Waals surface area contributed by atoms with Crippen LogP contribution < -0.4 is 15.7 Å². The van der Waals surface area contributed by atoms with Gasteiger partial charge in [-0.2, -0.15) is 0 Å². The molecule has 0 radical (unpaired) electrons. The predicted octanol–water partition coefficient (Wildman–Crippen LogP) is 3.15. The van der Waals surface area contributed by atoms with Gasteiger partial charge >= 0.3 is 5.63 Å². The fraction of sp³-hybridized carbons (Fsp3) is 0.318. The number of carbonyl (C=O) groups is 1. The molecular weight excluding hydrogens is 356 g/mol. The summed E-state index contributed by atoms with van der Waals surface area (Å²) in [4.78, 5) is 28.7. The first-order valence-electron chi connectivity index (χ1n) is 9.55. The van der Waals surface area contributed by atoms with E-state index in [1.54, 1.807) is 19.2 Å². The van der Waals surface area contributed by atoms with Gasteiger partial charge in [0, 0.05) is 23.2 Å². The Morgan fingerprint density at radius 2 is 2.04 bits per heavy atom. The summed E-state index contributed by atoms with van der Waals surface area (Å²) in [5, 5.41) is 3.76. The molecule has 1 N–H and O–H groups in total. The quantitative estimate of drug-likeness (QED) is 0.690. The van der Waals surface area contributed by atoms with Gasteiger partial charge in [-0.25, -0.2) is 4.79 Å². The van der Waals surface area contributed by atoms with Crippen molar-refractivity contribution in [2.45, 2.75) is 45.3 Å². The molecule has 1 amide bonds. The maximum absolute atomic E-state index is 12.3. The third-order valence-electron chi connectivity index (χ3n) is 5.05. The lowest BCUT2D eigenvalue weighted by molar-refractivity contribution is -0.127. The standard InChI is InChI=1S/C22H22N2O4/c1-14(21(25)24-13-15-6-4-5-11-23-15)27-16-9-10-18-17-7-2-3-8-19(17)22(26)28-20(18)12-16/h4-6,9-12,14H,2-3,7-8,13H2,1H3,(H,24,25)/t14-/m1/s1. The minimum absolute atomic E-state index is 0.238. The van der Waals surface area contributed by atoms with Gasteiger partial charge in [0.05, 0.1) is 12.2 Å². The van der Waals surface area contributed by atoms with Gasteiger partial charge in [0.1, 0.15) is 11.3 Å². The zero-order valence-corrected chi connectivity index (χ0v) is 15.7. The van der Waals surface area contributed by atoms with Gasteiger partial charge in [-0.15, -0.1) is 0 Å². The number of hydrogen-bond acceptors (Lipinski definition) is 5. The highest BCUT2D eigenvalue weighted by Crippen LogP contribution is 2.29. The van der Waals surface area contributed by atoms with Crippen LogP contribution in [-0.2, 0) is 24.2 Å². The number of pyridine rings is 1. The number of ether oxygens (including phenoxy) is 1. The molecule has 28 heavy (non-hydrogen) atoms. The largest absolute Gasteiger partial charge is 0.481 e. The molecule has 0 aliphatic heterocycles. The molecule has 0 unspecified atom stereocenters. The van der Waals surface area contributed by atoms with E-state index < -0.39 is 6.10 Å². The fourth-order valence-electron chi connectivity index (χ4n) is 3.58. The minimum atomic E-state index is -0.689. The van der Waals surface area contributed by atoms with Gasteiger partial charge in [0.2, 0.25) is 0 Å². The summed E-state index contributed by atoms with van der Waals surface area (Å²) in [6.45, 7) is 2.02. The second-order valence-corrected chi connectivity index (χ2v) is 7.01. The lowest BCUT2D eigenvalue weighted by atomic mass is 9.91. The number of aryl methyl sites for hydroxylation is 1. The van der Waals surface area contributed by atoms with Crippen LogP contribution in [0, 0.1) is 0 Å². The van der Waals surface area contributed by atoms with E-state index in [4.69, 9.17) is 9.15 Å². The number of hydrogen-bond donors (Lipinski definition) is 1. The molecule has 1 atom stereocenters. The van der Waals surface area contributed by atoms with Crippen molar-refractivity contribution in [2.75, 3.05) is 0 Å². The highest BCUT2D eigenvalue weighted by atomic mass is 16.5. The average Bonchev–Trinajstić information content (AvgIpc) is 2.73. The van der Waals surface area contributed by atoms with Gasteiger partial charge in [-0.1, -0.05) is 6.07 Å². The molecule has 6 nitrogen and oxygen atoms in total. The molecule has 4 rings (SSSR count). The van der Waals surface area contributed by atoms with Crippen molar-refractivity contribution in [1.29, 1.82) is 0 Å². The highest BCUT2D eigenvalue weighted by Gasteiger charge is 2.19. The Hall–Kier alpha value is -3.15. The van der Waals surface area contributed by atoms with E-state index in [-0.39, 0.29) is 11.5 Å². The Kier molecular flexibility index (Phi) is 5.10. The summed E-state index contributed by atoms with van der Waals surface area (Å²) in [5.74, 6) is 0.254. The predicted molar refractivity (Wildman–Crippen MR) is 105 cm³/mol. The van der Waals surface area contributed by atoms with Crippen LogP contribution in [0.4, 0.5) is 0 Å². The van der Waals surface area contributed by atoms with Crippen LogP contribution in [0.15, 0.2) is 51.8 Å². The molecule has 144 valence electrons. The van der Waals surface area contributed by atoms with E-state index in [0.717, 1.165) is 47.9 Å². The lowest BCUT2D eigenvalue weighted by Crippen LogP contribution is -2.36. The molecule has 0 bridgehead atoms. The van der Waals surface area contributed by atoms with Gasteiger partial charge in [-0.05, 0) is 62.4 Å². The van der Waals surface area contributed by atoms with Crippen LogP contribution >= 0.6 is 0 Å². The number of rotatable bonds is 5. The molecule has 0 spiro atoms. The van der Waals surface area contributed by atoms with E-state index in [1.165, 1.54) is 0 Å². The molecule has 2 aromatic heterocycles. The molecule has 3 aromatic rings. The number of fused-ring (bicyclic) bond motifs is 3. The maximum atomic E-state index is 12.3. The van der Waals surface area contributed by atoms with E-state index in [1.807, 2.05) is 30.3 Å². The molecule has 1 aromatic carbocycles. The second-order valence-electron chi connectivity index (χ2n) is 7.01. The molecular formula is C22H22N2O4. The van der Waals surface area contributed by atoms with Crippen LogP contribution in [-0.4, -0.2) is 17.0 Å². The first-order valence-corrected chi connectivity index (χ1v) is 9.55. The number of aromatic nitrogens is 1. The summed E-state index contributed by atoms with van der Waals surface area (Å²) in [7, 11) is 0. The van der Waals surface area contributed by atoms with Crippen molar-refractivity contribution in [3.8, 4) is 5.75 Å². The van der Waals surface area contributed by atoms with Crippen LogP contribution in [0.5, 0.6) is 5.75 Å². The zero-order valence-electron chi connectivity index (χ0n) is 15.7. The summed E-state index contributed by atoms with van der Waals surface area (Å²) >= 11 is 0. The third kappa shape index (κ3) is 3.76. The number of benzene rings is 1. The van der Waals surface area contributed by atoms with Crippen molar-refractivity contribution < 1.29 is 13.9 Å². The first-order chi connectivity index (χ1) is 13.6. The zero-order chi connectivity index (χ0) is 19.5. The third-order valence-corrected chi connectivity index (χ3v) is 5.05. The second kappa shape index (κ2) is 7.84. The van der Waals surface area contributed by atoms with Crippen molar-refractivity contribution in [1.82, 2.24) is 10.3 Å². The SMILES string of the molecule is C[C@@H](Oc1ccc2c3c(c(=O)oc2c1)CCCC3)C(=O)NCc1ccccn1. The van der Waals surface area contributed by atoms with Gasteiger partial charge in [0.15, 0.2) is 6.10 Å². The van der Waals surface area contributed by atoms with Crippen molar-refractivity contribution in [3.63, 3.8) is 0 Å². The smallest absolute Gasteiger partial charge is 0.339 e. The first kappa shape index (κ1) is 18.2. The normalized spacial score (nSPS) is 14.3. The molecule has 2 heterocycles. The van der Waals surface area contributed by atoms with E-state index in [9.17, 15) is 9.59 Å². The van der Waals surface area contributed by atoms with Gasteiger partial charge in [0.25, 0.3) is 5.91 Å². The summed E-state index contributed by atoms with van der Waals surface area (Å²) in [5.41, 5.74) is 2.91. The monoisotopic (exact) mass is 378 g/mol. The van der Waals surface area contributed by atoms with E-state index >= 15 is 0 Å². The molecule has 0 saturated carbocycles. The minimum Gasteiger partial charge on any atom is -0.481 e. The number of carbonyl (C=O) groups excluding carboxylic acids is 1. The maximum Gasteiger partial charge on any atom is 0.339 e. The molecule has 6 heteroatoms. The molecule has 0 fully saturated rings. The van der Waals surface area contributed by atoms with Crippen molar-refractivity contribution in [2.24, 2.45) is 0 Å². The van der Waals surface area contributed by atoms with Crippen LogP contribution in [0.25, 0.3) is 11.0 Å². The topological polar surface area (TPSA) is 81.4 Å². The Morgan fingerprint density at radius 1 is 1.21 bits per heavy atom. The van der Waals surface area contributed by atoms with Gasteiger partial charge < -0.3 is 14.5 Å². The van der Waals surface area contributed by atoms with Crippen LogP contribution in [0.1, 0.15) is 36.6 Å². The van der Waals surface area contributed by atoms with Crippen molar-refractivity contribution in [3.05, 3.63) is 69.8 Å². The molecule has 0 saturated heterocycles. The number of nitrogens with zero attached hydrogens (tertiary/aromatic N) is 1. The van der Waals surface area contributed by atoms with Gasteiger partial charge in [-0.3, -0.25) is 9.78 Å². The summed E-state index contributed by atoms with van der Waals surface area (Å²) in [6, 6.07) is 11.0. The summed E-state index contributed by atoms with van der Waals surface area (Å²) in [6.07, 6.45) is 4.77. The van der Waals surface area contributed by atoms with Crippen LogP contribution in [0.3, 0.4) is 0 Å². The molecule has 1 aliphatic rings. The number of amides is 1. The number of nitrogens with one attached hydrogen (secondary N) is 1.